The number of rotatable bonds is 2. The van der Waals surface area contributed by atoms with Crippen LogP contribution in [0.15, 0.2) is 11.4 Å². The Morgan fingerprint density at radius 3 is 3.12 bits per heavy atom. The molecular weight excluding hydrogens is 222 g/mol. The molecule has 1 unspecified atom stereocenters. The lowest BCUT2D eigenvalue weighted by atomic mass is 10.2. The standard InChI is InChI=1S/C11H17N3OS/c1-8-3-6-16-11(8)13-10(15)9-7-14(2)5-4-12-9/h3,6,9,12H,4-5,7H2,1-2H3,(H,13,15). The smallest absolute Gasteiger partial charge is 0.243 e. The third kappa shape index (κ3) is 2.61. The molecule has 1 aliphatic rings. The summed E-state index contributed by atoms with van der Waals surface area (Å²) in [5, 5.41) is 9.15. The number of carbonyl (C=O) groups is 1. The Hall–Kier alpha value is -0.910. The molecule has 1 atom stereocenters. The van der Waals surface area contributed by atoms with E-state index in [1.165, 1.54) is 0 Å². The van der Waals surface area contributed by atoms with Crippen LogP contribution in [-0.4, -0.2) is 43.5 Å². The molecule has 1 fully saturated rings. The summed E-state index contributed by atoms with van der Waals surface area (Å²) >= 11 is 1.57. The van der Waals surface area contributed by atoms with Gasteiger partial charge in [0.05, 0.1) is 11.0 Å². The predicted octanol–water partition coefficient (Wildman–Crippen LogP) is 0.899. The van der Waals surface area contributed by atoms with Crippen LogP contribution < -0.4 is 10.6 Å². The van der Waals surface area contributed by atoms with Crippen LogP contribution in [-0.2, 0) is 4.79 Å². The van der Waals surface area contributed by atoms with Crippen molar-refractivity contribution in [1.82, 2.24) is 10.2 Å². The molecule has 0 aromatic carbocycles. The lowest BCUT2D eigenvalue weighted by Gasteiger charge is -2.29. The maximum absolute atomic E-state index is 12.0. The highest BCUT2D eigenvalue weighted by Gasteiger charge is 2.23. The van der Waals surface area contributed by atoms with Crippen LogP contribution in [0, 0.1) is 6.92 Å². The quantitative estimate of drug-likeness (QED) is 0.806. The number of carbonyl (C=O) groups excluding carboxylic acids is 1. The van der Waals surface area contributed by atoms with E-state index in [0.717, 1.165) is 30.2 Å². The first-order valence-electron chi connectivity index (χ1n) is 5.43. The maximum atomic E-state index is 12.0. The molecule has 88 valence electrons. The van der Waals surface area contributed by atoms with Gasteiger partial charge < -0.3 is 15.5 Å². The average Bonchev–Trinajstić information content (AvgIpc) is 2.64. The normalized spacial score (nSPS) is 22.0. The van der Waals surface area contributed by atoms with E-state index in [9.17, 15) is 4.79 Å². The van der Waals surface area contributed by atoms with Crippen molar-refractivity contribution < 1.29 is 4.79 Å². The van der Waals surface area contributed by atoms with Crippen LogP contribution in [0.25, 0.3) is 0 Å². The van der Waals surface area contributed by atoms with Crippen molar-refractivity contribution in [2.75, 3.05) is 32.0 Å². The monoisotopic (exact) mass is 239 g/mol. The molecule has 0 saturated carbocycles. The topological polar surface area (TPSA) is 44.4 Å². The molecule has 0 aliphatic carbocycles. The zero-order chi connectivity index (χ0) is 11.5. The molecule has 0 radical (unpaired) electrons. The van der Waals surface area contributed by atoms with E-state index < -0.39 is 0 Å². The van der Waals surface area contributed by atoms with Gasteiger partial charge in [-0.1, -0.05) is 0 Å². The van der Waals surface area contributed by atoms with E-state index in [2.05, 4.69) is 15.5 Å². The summed E-state index contributed by atoms with van der Waals surface area (Å²) in [7, 11) is 2.04. The van der Waals surface area contributed by atoms with E-state index in [-0.39, 0.29) is 11.9 Å². The highest BCUT2D eigenvalue weighted by atomic mass is 32.1. The van der Waals surface area contributed by atoms with Gasteiger partial charge in [-0.05, 0) is 31.0 Å². The highest BCUT2D eigenvalue weighted by molar-refractivity contribution is 7.14. The van der Waals surface area contributed by atoms with Crippen molar-refractivity contribution in [2.45, 2.75) is 13.0 Å². The maximum Gasteiger partial charge on any atom is 0.243 e. The summed E-state index contributed by atoms with van der Waals surface area (Å²) in [6.45, 7) is 4.66. The van der Waals surface area contributed by atoms with Crippen LogP contribution in [0.4, 0.5) is 5.00 Å². The number of nitrogens with one attached hydrogen (secondary N) is 2. The summed E-state index contributed by atoms with van der Waals surface area (Å²) in [6, 6.07) is 1.92. The van der Waals surface area contributed by atoms with E-state index in [1.807, 2.05) is 25.4 Å². The van der Waals surface area contributed by atoms with E-state index in [0.29, 0.717) is 0 Å². The number of likely N-dealkylation sites (N-methyl/N-ethyl adjacent to an activating group) is 1. The lowest BCUT2D eigenvalue weighted by Crippen LogP contribution is -2.54. The van der Waals surface area contributed by atoms with Crippen LogP contribution in [0.2, 0.25) is 0 Å². The number of thiophene rings is 1. The largest absolute Gasteiger partial charge is 0.316 e. The summed E-state index contributed by atoms with van der Waals surface area (Å²) in [6.07, 6.45) is 0. The van der Waals surface area contributed by atoms with Gasteiger partial charge in [-0.3, -0.25) is 4.79 Å². The fourth-order valence-corrected chi connectivity index (χ4v) is 2.59. The fraction of sp³-hybridized carbons (Fsp3) is 0.545. The molecule has 1 amide bonds. The highest BCUT2D eigenvalue weighted by Crippen LogP contribution is 2.21. The molecule has 0 spiro atoms. The van der Waals surface area contributed by atoms with E-state index >= 15 is 0 Å². The summed E-state index contributed by atoms with van der Waals surface area (Å²) < 4.78 is 0. The van der Waals surface area contributed by atoms with Crippen LogP contribution in [0.5, 0.6) is 0 Å². The van der Waals surface area contributed by atoms with Crippen molar-refractivity contribution in [3.05, 3.63) is 17.0 Å². The SMILES string of the molecule is Cc1ccsc1NC(=O)C1CN(C)CCN1. The fourth-order valence-electron chi connectivity index (χ4n) is 1.77. The number of anilines is 1. The van der Waals surface area contributed by atoms with Gasteiger partial charge in [-0.2, -0.15) is 0 Å². The Morgan fingerprint density at radius 1 is 1.69 bits per heavy atom. The number of nitrogens with zero attached hydrogens (tertiary/aromatic N) is 1. The first-order chi connectivity index (χ1) is 7.66. The molecule has 2 N–H and O–H groups in total. The molecule has 1 aromatic rings. The van der Waals surface area contributed by atoms with Gasteiger partial charge in [0.15, 0.2) is 0 Å². The van der Waals surface area contributed by atoms with E-state index in [4.69, 9.17) is 0 Å². The Morgan fingerprint density at radius 2 is 2.50 bits per heavy atom. The molecule has 1 saturated heterocycles. The Kier molecular flexibility index (Phi) is 3.58. The number of aryl methyl sites for hydroxylation is 1. The van der Waals surface area contributed by atoms with Crippen molar-refractivity contribution in [3.8, 4) is 0 Å². The van der Waals surface area contributed by atoms with Crippen molar-refractivity contribution in [3.63, 3.8) is 0 Å². The van der Waals surface area contributed by atoms with E-state index in [1.54, 1.807) is 11.3 Å². The van der Waals surface area contributed by atoms with Crippen LogP contribution in [0.3, 0.4) is 0 Å². The third-order valence-corrected chi connectivity index (χ3v) is 3.73. The summed E-state index contributed by atoms with van der Waals surface area (Å²) in [5.41, 5.74) is 1.13. The Balaban J connectivity index is 1.95. The average molecular weight is 239 g/mol. The zero-order valence-electron chi connectivity index (χ0n) is 9.62. The molecule has 2 heterocycles. The van der Waals surface area contributed by atoms with Crippen molar-refractivity contribution >= 4 is 22.2 Å². The predicted molar refractivity (Wildman–Crippen MR) is 67.0 cm³/mol. The minimum atomic E-state index is -0.0970. The second-order valence-corrected chi connectivity index (χ2v) is 5.11. The molecular formula is C11H17N3OS. The number of piperazine rings is 1. The van der Waals surface area contributed by atoms with Gasteiger partial charge in [-0.25, -0.2) is 0 Å². The van der Waals surface area contributed by atoms with Crippen LogP contribution in [0.1, 0.15) is 5.56 Å². The van der Waals surface area contributed by atoms with Gasteiger partial charge in [0.1, 0.15) is 0 Å². The summed E-state index contributed by atoms with van der Waals surface area (Å²) in [4.78, 5) is 14.1. The van der Waals surface area contributed by atoms with Crippen LogP contribution >= 0.6 is 11.3 Å². The second kappa shape index (κ2) is 4.95. The minimum absolute atomic E-state index is 0.0668. The van der Waals surface area contributed by atoms with Crippen molar-refractivity contribution in [1.29, 1.82) is 0 Å². The number of hydrogen-bond donors (Lipinski definition) is 2. The molecule has 4 nitrogen and oxygen atoms in total. The van der Waals surface area contributed by atoms with Gasteiger partial charge in [0.2, 0.25) is 5.91 Å². The Bertz CT molecular complexity index is 377. The molecule has 1 aliphatic heterocycles. The first-order valence-corrected chi connectivity index (χ1v) is 6.31. The third-order valence-electron chi connectivity index (χ3n) is 2.79. The molecule has 0 bridgehead atoms. The second-order valence-electron chi connectivity index (χ2n) is 4.19. The van der Waals surface area contributed by atoms with Gasteiger partial charge >= 0.3 is 0 Å². The Labute approximate surface area is 99.6 Å². The molecule has 2 rings (SSSR count). The molecule has 16 heavy (non-hydrogen) atoms. The van der Waals surface area contributed by atoms with Gasteiger partial charge in [0.25, 0.3) is 0 Å². The molecule has 1 aromatic heterocycles. The van der Waals surface area contributed by atoms with Crippen molar-refractivity contribution in [2.24, 2.45) is 0 Å². The lowest BCUT2D eigenvalue weighted by molar-refractivity contribution is -0.119. The zero-order valence-corrected chi connectivity index (χ0v) is 10.4. The first kappa shape index (κ1) is 11.6. The summed E-state index contributed by atoms with van der Waals surface area (Å²) in [5.74, 6) is 0.0668. The minimum Gasteiger partial charge on any atom is -0.316 e. The van der Waals surface area contributed by atoms with Gasteiger partial charge in [0, 0.05) is 19.6 Å². The number of hydrogen-bond acceptors (Lipinski definition) is 4. The number of amides is 1. The van der Waals surface area contributed by atoms with Gasteiger partial charge in [-0.15, -0.1) is 11.3 Å². The molecule has 5 heteroatoms.